The predicted molar refractivity (Wildman–Crippen MR) is 105 cm³/mol. The molecule has 1 atom stereocenters. The van der Waals surface area contributed by atoms with Crippen LogP contribution in [0, 0.1) is 5.82 Å². The van der Waals surface area contributed by atoms with E-state index in [9.17, 15) is 9.18 Å². The zero-order valence-corrected chi connectivity index (χ0v) is 16.0. The Kier molecular flexibility index (Phi) is 4.05. The van der Waals surface area contributed by atoms with Crippen molar-refractivity contribution in [3.05, 3.63) is 69.6 Å². The molecule has 0 amide bonds. The highest BCUT2D eigenvalue weighted by molar-refractivity contribution is 7.10. The quantitative estimate of drug-likeness (QED) is 0.516. The molecule has 3 aromatic heterocycles. The second-order valence-electron chi connectivity index (χ2n) is 6.96. The lowest BCUT2D eigenvalue weighted by Gasteiger charge is -2.21. The summed E-state index contributed by atoms with van der Waals surface area (Å²) in [6, 6.07) is 10.4. The number of hydrogen-bond acceptors (Lipinski definition) is 5. The first-order chi connectivity index (χ1) is 13.7. The second-order valence-corrected chi connectivity index (χ2v) is 7.94. The number of fused-ring (bicyclic) bond motifs is 3. The van der Waals surface area contributed by atoms with E-state index in [1.807, 2.05) is 18.4 Å². The summed E-state index contributed by atoms with van der Waals surface area (Å²) in [4.78, 5) is 13.9. The maximum Gasteiger partial charge on any atom is 0.185 e. The fraction of sp³-hybridized carbons (Fsp3) is 0.238. The van der Waals surface area contributed by atoms with E-state index in [0.717, 1.165) is 22.5 Å². The SMILES string of the molecule is CCc1nn2c3c(nnc2c1-c1ccc(F)cc1)C(=O)C[C@@H](c1cccs1)C3. The normalized spacial score (nSPS) is 16.5. The van der Waals surface area contributed by atoms with Crippen molar-refractivity contribution in [1.29, 1.82) is 0 Å². The summed E-state index contributed by atoms with van der Waals surface area (Å²) < 4.78 is 15.2. The molecule has 0 radical (unpaired) electrons. The van der Waals surface area contributed by atoms with E-state index in [1.165, 1.54) is 17.0 Å². The number of ketones is 1. The average molecular weight is 392 g/mol. The molecular weight excluding hydrogens is 375 g/mol. The maximum absolute atomic E-state index is 13.4. The summed E-state index contributed by atoms with van der Waals surface area (Å²) in [6.07, 6.45) is 1.84. The van der Waals surface area contributed by atoms with Crippen molar-refractivity contribution < 1.29 is 9.18 Å². The Morgan fingerprint density at radius 3 is 2.71 bits per heavy atom. The Hall–Kier alpha value is -2.93. The monoisotopic (exact) mass is 392 g/mol. The zero-order chi connectivity index (χ0) is 19.3. The molecule has 0 spiro atoms. The summed E-state index contributed by atoms with van der Waals surface area (Å²) in [5.41, 5.74) is 4.39. The van der Waals surface area contributed by atoms with Gasteiger partial charge in [0.1, 0.15) is 5.82 Å². The van der Waals surface area contributed by atoms with Crippen LogP contribution in [0.1, 0.15) is 46.0 Å². The number of nitrogens with zero attached hydrogens (tertiary/aromatic N) is 4. The molecule has 7 heteroatoms. The van der Waals surface area contributed by atoms with Crippen LogP contribution in [0.5, 0.6) is 0 Å². The van der Waals surface area contributed by atoms with Crippen LogP contribution in [-0.2, 0) is 12.8 Å². The van der Waals surface area contributed by atoms with Crippen LogP contribution in [-0.4, -0.2) is 25.6 Å². The van der Waals surface area contributed by atoms with Crippen molar-refractivity contribution in [3.63, 3.8) is 0 Å². The molecule has 0 bridgehead atoms. The molecule has 3 heterocycles. The number of benzene rings is 1. The van der Waals surface area contributed by atoms with Crippen molar-refractivity contribution in [2.24, 2.45) is 0 Å². The van der Waals surface area contributed by atoms with Gasteiger partial charge in [-0.25, -0.2) is 8.91 Å². The van der Waals surface area contributed by atoms with Crippen LogP contribution >= 0.6 is 11.3 Å². The van der Waals surface area contributed by atoms with Gasteiger partial charge in [0.2, 0.25) is 0 Å². The molecule has 5 rings (SSSR count). The van der Waals surface area contributed by atoms with Gasteiger partial charge in [-0.3, -0.25) is 4.79 Å². The summed E-state index contributed by atoms with van der Waals surface area (Å²) in [5.74, 6) is -0.145. The number of thiophene rings is 1. The van der Waals surface area contributed by atoms with Crippen molar-refractivity contribution >= 4 is 22.8 Å². The van der Waals surface area contributed by atoms with Gasteiger partial charge >= 0.3 is 0 Å². The van der Waals surface area contributed by atoms with E-state index in [2.05, 4.69) is 16.3 Å². The van der Waals surface area contributed by atoms with E-state index in [0.29, 0.717) is 30.6 Å². The summed E-state index contributed by atoms with van der Waals surface area (Å²) in [7, 11) is 0. The second kappa shape index (κ2) is 6.60. The van der Waals surface area contributed by atoms with E-state index < -0.39 is 0 Å². The number of carbonyl (C=O) groups is 1. The van der Waals surface area contributed by atoms with Gasteiger partial charge in [0, 0.05) is 23.6 Å². The molecule has 1 aliphatic carbocycles. The lowest BCUT2D eigenvalue weighted by molar-refractivity contribution is 0.0956. The molecule has 0 aliphatic heterocycles. The molecule has 28 heavy (non-hydrogen) atoms. The fourth-order valence-corrected chi connectivity index (χ4v) is 4.73. The summed E-state index contributed by atoms with van der Waals surface area (Å²) >= 11 is 1.67. The van der Waals surface area contributed by atoms with Crippen LogP contribution in [0.4, 0.5) is 4.39 Å². The highest BCUT2D eigenvalue weighted by atomic mass is 32.1. The van der Waals surface area contributed by atoms with Gasteiger partial charge in [0.15, 0.2) is 17.1 Å². The highest BCUT2D eigenvalue weighted by Crippen LogP contribution is 2.36. The summed E-state index contributed by atoms with van der Waals surface area (Å²) in [5, 5.41) is 15.4. The van der Waals surface area contributed by atoms with Gasteiger partial charge in [-0.1, -0.05) is 25.1 Å². The lowest BCUT2D eigenvalue weighted by Crippen LogP contribution is -2.23. The first kappa shape index (κ1) is 17.2. The maximum atomic E-state index is 13.4. The fourth-order valence-electron chi connectivity index (χ4n) is 3.90. The number of rotatable bonds is 3. The topological polar surface area (TPSA) is 60.1 Å². The molecule has 5 nitrogen and oxygen atoms in total. The molecule has 0 unspecified atom stereocenters. The number of aromatic nitrogens is 4. The molecule has 0 saturated heterocycles. The molecule has 0 saturated carbocycles. The van der Waals surface area contributed by atoms with E-state index in [1.54, 1.807) is 28.0 Å². The molecule has 0 N–H and O–H groups in total. The minimum absolute atomic E-state index is 0.00549. The first-order valence-electron chi connectivity index (χ1n) is 9.25. The third-order valence-electron chi connectivity index (χ3n) is 5.26. The van der Waals surface area contributed by atoms with Crippen LogP contribution in [0.2, 0.25) is 0 Å². The van der Waals surface area contributed by atoms with Gasteiger partial charge in [-0.15, -0.1) is 21.5 Å². The smallest absolute Gasteiger partial charge is 0.185 e. The largest absolute Gasteiger partial charge is 0.292 e. The average Bonchev–Trinajstić information content (AvgIpc) is 3.36. The molecule has 140 valence electrons. The Labute approximate surface area is 164 Å². The zero-order valence-electron chi connectivity index (χ0n) is 15.2. The van der Waals surface area contributed by atoms with Gasteiger partial charge in [-0.05, 0) is 35.6 Å². The summed E-state index contributed by atoms with van der Waals surface area (Å²) in [6.45, 7) is 2.02. The number of carbonyl (C=O) groups excluding carboxylic acids is 1. The molecule has 1 aliphatic rings. The van der Waals surface area contributed by atoms with Crippen LogP contribution in [0.3, 0.4) is 0 Å². The number of aryl methyl sites for hydroxylation is 1. The molecule has 4 aromatic rings. The molecule has 1 aromatic carbocycles. The van der Waals surface area contributed by atoms with E-state index >= 15 is 0 Å². The standard InChI is InChI=1S/C21H17FN4OS/c1-2-15-19(12-5-7-14(22)8-6-12)21-24-23-20-16(26(21)25-15)10-13(11-17(20)27)18-4-3-9-28-18/h3-9,13H,2,10-11H2,1H3/t13-/m0/s1. The Balaban J connectivity index is 1.70. The minimum Gasteiger partial charge on any atom is -0.292 e. The minimum atomic E-state index is -0.286. The number of Topliss-reactive ketones (excluding diaryl/α,β-unsaturated/α-hetero) is 1. The predicted octanol–water partition coefficient (Wildman–Crippen LogP) is 4.47. The lowest BCUT2D eigenvalue weighted by atomic mass is 9.87. The number of halogens is 1. The molecule has 0 fully saturated rings. The Morgan fingerprint density at radius 2 is 2.00 bits per heavy atom. The van der Waals surface area contributed by atoms with Crippen molar-refractivity contribution in [2.75, 3.05) is 0 Å². The van der Waals surface area contributed by atoms with Crippen LogP contribution < -0.4 is 0 Å². The molecular formula is C21H17FN4OS. The van der Waals surface area contributed by atoms with Crippen LogP contribution in [0.15, 0.2) is 41.8 Å². The third-order valence-corrected chi connectivity index (χ3v) is 6.29. The van der Waals surface area contributed by atoms with Gasteiger partial charge in [-0.2, -0.15) is 5.10 Å². The first-order valence-corrected chi connectivity index (χ1v) is 10.1. The van der Waals surface area contributed by atoms with Crippen molar-refractivity contribution in [2.45, 2.75) is 32.1 Å². The Bertz CT molecular complexity index is 1180. The van der Waals surface area contributed by atoms with Crippen molar-refractivity contribution in [3.8, 4) is 11.1 Å². The van der Waals surface area contributed by atoms with E-state index in [-0.39, 0.29) is 17.5 Å². The van der Waals surface area contributed by atoms with Gasteiger partial charge in [0.25, 0.3) is 0 Å². The highest BCUT2D eigenvalue weighted by Gasteiger charge is 2.32. The van der Waals surface area contributed by atoms with Crippen molar-refractivity contribution in [1.82, 2.24) is 19.8 Å². The van der Waals surface area contributed by atoms with Crippen LogP contribution in [0.25, 0.3) is 16.8 Å². The van der Waals surface area contributed by atoms with Gasteiger partial charge < -0.3 is 0 Å². The van der Waals surface area contributed by atoms with Gasteiger partial charge in [0.05, 0.1) is 17.0 Å². The number of hydrogen-bond donors (Lipinski definition) is 0. The third kappa shape index (κ3) is 2.65. The van der Waals surface area contributed by atoms with E-state index in [4.69, 9.17) is 5.10 Å². The Morgan fingerprint density at radius 1 is 1.18 bits per heavy atom.